The van der Waals surface area contributed by atoms with E-state index >= 15 is 0 Å². The maximum Gasteiger partial charge on any atom is 0.253 e. The third-order valence-corrected chi connectivity index (χ3v) is 5.04. The van der Waals surface area contributed by atoms with E-state index < -0.39 is 0 Å². The lowest BCUT2D eigenvalue weighted by atomic mass is 10.1. The van der Waals surface area contributed by atoms with Crippen LogP contribution in [0.3, 0.4) is 0 Å². The zero-order valence-corrected chi connectivity index (χ0v) is 16.5. The molecule has 7 heteroatoms. The summed E-state index contributed by atoms with van der Waals surface area (Å²) in [5, 5.41) is 3.64. The Morgan fingerprint density at radius 3 is 2.93 bits per heavy atom. The van der Waals surface area contributed by atoms with Gasteiger partial charge in [-0.15, -0.1) is 0 Å². The molecular formula is C22H23FN4O2. The van der Waals surface area contributed by atoms with E-state index in [1.54, 1.807) is 25.3 Å². The van der Waals surface area contributed by atoms with Crippen LogP contribution in [0.5, 0.6) is 0 Å². The summed E-state index contributed by atoms with van der Waals surface area (Å²) in [6.45, 7) is 6.51. The molecule has 4 rings (SSSR count). The molecule has 6 nitrogen and oxygen atoms in total. The molecule has 1 amide bonds. The molecule has 1 atom stereocenters. The molecule has 1 aliphatic heterocycles. The average Bonchev–Trinajstić information content (AvgIpc) is 2.72. The minimum absolute atomic E-state index is 0.194. The molecule has 0 radical (unpaired) electrons. The number of aromatic nitrogens is 2. The number of nitrogens with one attached hydrogen (secondary N) is 1. The van der Waals surface area contributed by atoms with E-state index in [-0.39, 0.29) is 17.8 Å². The molecule has 1 N–H and O–H groups in total. The Morgan fingerprint density at radius 2 is 2.17 bits per heavy atom. The highest BCUT2D eigenvalue weighted by Crippen LogP contribution is 2.18. The summed E-state index contributed by atoms with van der Waals surface area (Å²) in [4.78, 5) is 23.7. The Labute approximate surface area is 168 Å². The molecule has 1 unspecified atom stereocenters. The zero-order valence-electron chi connectivity index (χ0n) is 16.5. The quantitative estimate of drug-likeness (QED) is 0.736. The van der Waals surface area contributed by atoms with Crippen LogP contribution in [0.1, 0.15) is 28.5 Å². The first-order chi connectivity index (χ1) is 14.0. The van der Waals surface area contributed by atoms with Crippen LogP contribution in [-0.2, 0) is 11.3 Å². The molecule has 1 saturated heterocycles. The Bertz CT molecular complexity index is 1040. The van der Waals surface area contributed by atoms with E-state index in [1.165, 1.54) is 12.1 Å². The van der Waals surface area contributed by atoms with Crippen molar-refractivity contribution in [1.82, 2.24) is 15.3 Å². The van der Waals surface area contributed by atoms with Crippen molar-refractivity contribution in [2.75, 3.05) is 24.6 Å². The molecule has 3 aromatic rings. The lowest BCUT2D eigenvalue weighted by Gasteiger charge is -2.32. The number of amides is 1. The van der Waals surface area contributed by atoms with Crippen molar-refractivity contribution in [1.29, 1.82) is 0 Å². The zero-order chi connectivity index (χ0) is 20.4. The van der Waals surface area contributed by atoms with Gasteiger partial charge in [0, 0.05) is 37.3 Å². The van der Waals surface area contributed by atoms with E-state index in [0.717, 1.165) is 29.9 Å². The predicted molar refractivity (Wildman–Crippen MR) is 109 cm³/mol. The second kappa shape index (κ2) is 8.13. The number of carbonyl (C=O) groups excluding carboxylic acids is 1. The number of ether oxygens (including phenoxy) is 1. The van der Waals surface area contributed by atoms with Gasteiger partial charge in [-0.2, -0.15) is 0 Å². The van der Waals surface area contributed by atoms with E-state index in [2.05, 4.69) is 27.1 Å². The Kier molecular flexibility index (Phi) is 5.40. The van der Waals surface area contributed by atoms with Gasteiger partial charge in [-0.05, 0) is 43.7 Å². The van der Waals surface area contributed by atoms with Crippen molar-refractivity contribution in [2.45, 2.75) is 26.5 Å². The van der Waals surface area contributed by atoms with E-state index in [0.29, 0.717) is 29.9 Å². The summed E-state index contributed by atoms with van der Waals surface area (Å²) in [7, 11) is 0. The van der Waals surface area contributed by atoms with Crippen molar-refractivity contribution >= 4 is 22.6 Å². The largest absolute Gasteiger partial charge is 0.375 e. The van der Waals surface area contributed by atoms with Gasteiger partial charge in [-0.3, -0.25) is 9.78 Å². The lowest BCUT2D eigenvalue weighted by Crippen LogP contribution is -2.41. The van der Waals surface area contributed by atoms with Crippen LogP contribution in [0, 0.1) is 12.7 Å². The van der Waals surface area contributed by atoms with Crippen LogP contribution in [-0.4, -0.2) is 41.7 Å². The number of nitrogens with zero attached hydrogens (tertiary/aromatic N) is 3. The minimum Gasteiger partial charge on any atom is -0.375 e. The number of aryl methyl sites for hydroxylation is 1. The number of halogens is 1. The summed E-state index contributed by atoms with van der Waals surface area (Å²) in [5.74, 6) is 0.355. The average molecular weight is 394 g/mol. The lowest BCUT2D eigenvalue weighted by molar-refractivity contribution is 0.0529. The molecule has 2 aromatic heterocycles. The van der Waals surface area contributed by atoms with Crippen molar-refractivity contribution in [3.05, 3.63) is 65.2 Å². The van der Waals surface area contributed by atoms with Crippen LogP contribution >= 0.6 is 0 Å². The number of pyridine rings is 2. The summed E-state index contributed by atoms with van der Waals surface area (Å²) in [5.41, 5.74) is 2.50. The molecular weight excluding hydrogens is 371 g/mol. The molecule has 3 heterocycles. The normalized spacial score (nSPS) is 16.8. The number of morpholine rings is 1. The molecule has 1 aromatic carbocycles. The maximum atomic E-state index is 13.4. The van der Waals surface area contributed by atoms with Crippen molar-refractivity contribution in [3.8, 4) is 0 Å². The highest BCUT2D eigenvalue weighted by Gasteiger charge is 2.18. The van der Waals surface area contributed by atoms with Gasteiger partial charge in [0.25, 0.3) is 5.91 Å². The van der Waals surface area contributed by atoms with Gasteiger partial charge < -0.3 is 15.0 Å². The molecule has 0 saturated carbocycles. The van der Waals surface area contributed by atoms with Gasteiger partial charge in [-0.1, -0.05) is 6.07 Å². The third-order valence-electron chi connectivity index (χ3n) is 5.04. The van der Waals surface area contributed by atoms with Gasteiger partial charge in [0.2, 0.25) is 0 Å². The van der Waals surface area contributed by atoms with Crippen LogP contribution in [0.4, 0.5) is 10.2 Å². The third kappa shape index (κ3) is 4.35. The summed E-state index contributed by atoms with van der Waals surface area (Å²) < 4.78 is 18.9. The first-order valence-corrected chi connectivity index (χ1v) is 9.66. The van der Waals surface area contributed by atoms with Crippen LogP contribution in [0.25, 0.3) is 10.9 Å². The number of anilines is 1. The van der Waals surface area contributed by atoms with Gasteiger partial charge in [-0.25, -0.2) is 9.37 Å². The van der Waals surface area contributed by atoms with Crippen molar-refractivity contribution < 1.29 is 13.9 Å². The van der Waals surface area contributed by atoms with E-state index in [9.17, 15) is 9.18 Å². The van der Waals surface area contributed by atoms with Crippen molar-refractivity contribution in [2.24, 2.45) is 0 Å². The van der Waals surface area contributed by atoms with E-state index in [4.69, 9.17) is 4.74 Å². The maximum absolute atomic E-state index is 13.4. The number of rotatable bonds is 4. The predicted octanol–water partition coefficient (Wildman–Crippen LogP) is 3.23. The molecule has 150 valence electrons. The van der Waals surface area contributed by atoms with Crippen molar-refractivity contribution in [3.63, 3.8) is 0 Å². The highest BCUT2D eigenvalue weighted by molar-refractivity contribution is 5.98. The fourth-order valence-corrected chi connectivity index (χ4v) is 3.48. The first-order valence-electron chi connectivity index (χ1n) is 9.66. The molecule has 1 aliphatic rings. The smallest absolute Gasteiger partial charge is 0.253 e. The van der Waals surface area contributed by atoms with E-state index in [1.807, 2.05) is 12.1 Å². The molecule has 0 aliphatic carbocycles. The molecule has 1 fully saturated rings. The summed E-state index contributed by atoms with van der Waals surface area (Å²) in [6.07, 6.45) is 1.98. The number of hydrogen-bond acceptors (Lipinski definition) is 5. The van der Waals surface area contributed by atoms with Crippen LogP contribution in [0.2, 0.25) is 0 Å². The molecule has 29 heavy (non-hydrogen) atoms. The topological polar surface area (TPSA) is 67.4 Å². The fraction of sp³-hybridized carbons (Fsp3) is 0.318. The number of fused-ring (bicyclic) bond motifs is 1. The Hall–Kier alpha value is -3.06. The molecule has 0 spiro atoms. The standard InChI is InChI=1S/C22H23FN4O2/c1-14-13-27(7-8-29-14)21-6-3-16(11-24-21)12-25-22(28)19-9-17-4-5-18(23)10-20(17)26-15(19)2/h3-6,9-11,14H,7-8,12-13H2,1-2H3,(H,25,28). The Balaban J connectivity index is 1.42. The first kappa shape index (κ1) is 19.3. The minimum atomic E-state index is -0.343. The number of benzene rings is 1. The summed E-state index contributed by atoms with van der Waals surface area (Å²) >= 11 is 0. The Morgan fingerprint density at radius 1 is 1.31 bits per heavy atom. The second-order valence-corrected chi connectivity index (χ2v) is 7.29. The SMILES string of the molecule is Cc1nc2cc(F)ccc2cc1C(=O)NCc1ccc(N2CCOC(C)C2)nc1. The van der Waals surface area contributed by atoms with Gasteiger partial charge in [0.05, 0.1) is 29.5 Å². The monoisotopic (exact) mass is 394 g/mol. The summed E-state index contributed by atoms with van der Waals surface area (Å²) in [6, 6.07) is 10.0. The number of hydrogen-bond donors (Lipinski definition) is 1. The van der Waals surface area contributed by atoms with Gasteiger partial charge >= 0.3 is 0 Å². The van der Waals surface area contributed by atoms with Gasteiger partial charge in [0.1, 0.15) is 11.6 Å². The highest BCUT2D eigenvalue weighted by atomic mass is 19.1. The van der Waals surface area contributed by atoms with Gasteiger partial charge in [0.15, 0.2) is 0 Å². The fourth-order valence-electron chi connectivity index (χ4n) is 3.48. The van der Waals surface area contributed by atoms with Crippen LogP contribution < -0.4 is 10.2 Å². The second-order valence-electron chi connectivity index (χ2n) is 7.29. The molecule has 0 bridgehead atoms. The van der Waals surface area contributed by atoms with Crippen LogP contribution in [0.15, 0.2) is 42.6 Å². The number of carbonyl (C=O) groups is 1.